The number of amides is 1. The van der Waals surface area contributed by atoms with Gasteiger partial charge in [0.1, 0.15) is 11.6 Å². The van der Waals surface area contributed by atoms with Gasteiger partial charge < -0.3 is 5.32 Å². The number of aryl methyl sites for hydroxylation is 2. The molecule has 23 heavy (non-hydrogen) atoms. The summed E-state index contributed by atoms with van der Waals surface area (Å²) in [7, 11) is 0. The van der Waals surface area contributed by atoms with Crippen molar-refractivity contribution in [3.63, 3.8) is 0 Å². The van der Waals surface area contributed by atoms with Crippen molar-refractivity contribution in [2.45, 2.75) is 13.8 Å². The summed E-state index contributed by atoms with van der Waals surface area (Å²) in [6.45, 7) is 3.88. The van der Waals surface area contributed by atoms with E-state index in [0.29, 0.717) is 15.7 Å². The fraction of sp³-hybridized carbons (Fsp3) is 0.111. The lowest BCUT2D eigenvalue weighted by atomic mass is 10.0. The number of halogens is 2. The number of anilines is 1. The van der Waals surface area contributed by atoms with Gasteiger partial charge in [0.25, 0.3) is 5.91 Å². The lowest BCUT2D eigenvalue weighted by Crippen LogP contribution is -2.13. The Morgan fingerprint density at radius 1 is 1.13 bits per heavy atom. The summed E-state index contributed by atoms with van der Waals surface area (Å²) in [4.78, 5) is 12.3. The molecule has 0 fully saturated rings. The highest BCUT2D eigenvalue weighted by Gasteiger charge is 2.11. The Morgan fingerprint density at radius 3 is 2.39 bits per heavy atom. The van der Waals surface area contributed by atoms with Crippen molar-refractivity contribution in [2.24, 2.45) is 0 Å². The molecule has 0 unspecified atom stereocenters. The maximum atomic E-state index is 12.3. The largest absolute Gasteiger partial charge is 0.321 e. The van der Waals surface area contributed by atoms with E-state index in [1.54, 1.807) is 24.3 Å². The molecule has 0 aliphatic rings. The minimum atomic E-state index is -0.508. The Morgan fingerprint density at radius 2 is 1.78 bits per heavy atom. The van der Waals surface area contributed by atoms with E-state index < -0.39 is 5.91 Å². The van der Waals surface area contributed by atoms with Gasteiger partial charge in [-0.15, -0.1) is 0 Å². The Kier molecular flexibility index (Phi) is 5.44. The van der Waals surface area contributed by atoms with Crippen molar-refractivity contribution in [3.05, 3.63) is 68.7 Å². The molecule has 0 aliphatic carbocycles. The molecule has 0 spiro atoms. The van der Waals surface area contributed by atoms with Gasteiger partial charge in [0.05, 0.1) is 0 Å². The average molecular weight is 345 g/mol. The van der Waals surface area contributed by atoms with Crippen LogP contribution < -0.4 is 5.32 Å². The smallest absolute Gasteiger partial charge is 0.266 e. The minimum absolute atomic E-state index is 0.00907. The number of hydrogen-bond donors (Lipinski definition) is 1. The summed E-state index contributed by atoms with van der Waals surface area (Å²) in [5, 5.41) is 12.7. The van der Waals surface area contributed by atoms with Crippen molar-refractivity contribution < 1.29 is 4.79 Å². The van der Waals surface area contributed by atoms with Crippen LogP contribution >= 0.6 is 23.2 Å². The SMILES string of the molecule is Cc1ccc(C)c(/C=C(\C#N)C(=O)Nc2cc(Cl)cc(Cl)c2)c1. The normalized spacial score (nSPS) is 11.0. The molecule has 0 bridgehead atoms. The van der Waals surface area contributed by atoms with Gasteiger partial charge in [-0.2, -0.15) is 5.26 Å². The fourth-order valence-corrected chi connectivity index (χ4v) is 2.57. The number of carbonyl (C=O) groups is 1. The first-order chi connectivity index (χ1) is 10.9. The quantitative estimate of drug-likeness (QED) is 0.617. The van der Waals surface area contributed by atoms with Crippen molar-refractivity contribution in [2.75, 3.05) is 5.32 Å². The molecular formula is C18H14Cl2N2O. The second-order valence-electron chi connectivity index (χ2n) is 5.14. The fourth-order valence-electron chi connectivity index (χ4n) is 2.04. The van der Waals surface area contributed by atoms with Gasteiger partial charge in [0.2, 0.25) is 0 Å². The molecule has 3 nitrogen and oxygen atoms in total. The van der Waals surface area contributed by atoms with Crippen LogP contribution in [0.5, 0.6) is 0 Å². The van der Waals surface area contributed by atoms with Crippen molar-refractivity contribution in [1.82, 2.24) is 0 Å². The van der Waals surface area contributed by atoms with Crippen LogP contribution in [0.2, 0.25) is 10.0 Å². The molecule has 1 N–H and O–H groups in total. The molecule has 0 heterocycles. The first-order valence-electron chi connectivity index (χ1n) is 6.85. The molecule has 2 aromatic carbocycles. The maximum Gasteiger partial charge on any atom is 0.266 e. The summed E-state index contributed by atoms with van der Waals surface area (Å²) in [6, 6.07) is 12.5. The molecule has 0 atom stereocenters. The Labute approximate surface area is 145 Å². The zero-order chi connectivity index (χ0) is 17.0. The predicted molar refractivity (Wildman–Crippen MR) is 94.6 cm³/mol. The summed E-state index contributed by atoms with van der Waals surface area (Å²) in [5.41, 5.74) is 3.33. The molecule has 0 saturated heterocycles. The van der Waals surface area contributed by atoms with Crippen LogP contribution in [0.4, 0.5) is 5.69 Å². The second kappa shape index (κ2) is 7.32. The predicted octanol–water partition coefficient (Wildman–Crippen LogP) is 5.16. The first kappa shape index (κ1) is 17.1. The number of nitrogens with one attached hydrogen (secondary N) is 1. The molecule has 0 aromatic heterocycles. The molecule has 5 heteroatoms. The van der Waals surface area contributed by atoms with Crippen molar-refractivity contribution in [3.8, 4) is 6.07 Å². The Bertz CT molecular complexity index is 815. The molecule has 2 aromatic rings. The van der Waals surface area contributed by atoms with Crippen LogP contribution in [-0.2, 0) is 4.79 Å². The van der Waals surface area contributed by atoms with Crippen LogP contribution in [0.3, 0.4) is 0 Å². The van der Waals surface area contributed by atoms with Gasteiger partial charge in [-0.3, -0.25) is 4.79 Å². The highest BCUT2D eigenvalue weighted by Crippen LogP contribution is 2.23. The van der Waals surface area contributed by atoms with Gasteiger partial charge in [-0.1, -0.05) is 47.0 Å². The van der Waals surface area contributed by atoms with Gasteiger partial charge in [-0.25, -0.2) is 0 Å². The number of nitriles is 1. The second-order valence-corrected chi connectivity index (χ2v) is 6.01. The van der Waals surface area contributed by atoms with Crippen LogP contribution in [0.1, 0.15) is 16.7 Å². The van der Waals surface area contributed by atoms with Gasteiger partial charge in [0, 0.05) is 15.7 Å². The van der Waals surface area contributed by atoms with E-state index in [2.05, 4.69) is 5.32 Å². The lowest BCUT2D eigenvalue weighted by Gasteiger charge is -2.07. The number of carbonyl (C=O) groups excluding carboxylic acids is 1. The molecule has 0 saturated carbocycles. The number of hydrogen-bond acceptors (Lipinski definition) is 2. The Hall–Kier alpha value is -2.28. The van der Waals surface area contributed by atoms with E-state index in [0.717, 1.165) is 16.7 Å². The average Bonchev–Trinajstić information content (AvgIpc) is 2.46. The molecule has 1 amide bonds. The van der Waals surface area contributed by atoms with Gasteiger partial charge in [-0.05, 0) is 49.2 Å². The standard InChI is InChI=1S/C18H14Cl2N2O/c1-11-3-4-12(2)13(5-11)6-14(10-21)18(23)22-17-8-15(19)7-16(20)9-17/h3-9H,1-2H3,(H,22,23)/b14-6+. The number of nitrogens with zero attached hydrogens (tertiary/aromatic N) is 1. The first-order valence-corrected chi connectivity index (χ1v) is 7.61. The molecule has 0 aliphatic heterocycles. The lowest BCUT2D eigenvalue weighted by molar-refractivity contribution is -0.112. The summed E-state index contributed by atoms with van der Waals surface area (Å²) >= 11 is 11.8. The van der Waals surface area contributed by atoms with Crippen molar-refractivity contribution in [1.29, 1.82) is 5.26 Å². The highest BCUT2D eigenvalue weighted by atomic mass is 35.5. The molecular weight excluding hydrogens is 331 g/mol. The van der Waals surface area contributed by atoms with Crippen molar-refractivity contribution >= 4 is 40.9 Å². The summed E-state index contributed by atoms with van der Waals surface area (Å²) in [5.74, 6) is -0.508. The summed E-state index contributed by atoms with van der Waals surface area (Å²) < 4.78 is 0. The minimum Gasteiger partial charge on any atom is -0.321 e. The van der Waals surface area contributed by atoms with Crippen LogP contribution in [0, 0.1) is 25.2 Å². The Balaban J connectivity index is 2.30. The van der Waals surface area contributed by atoms with Crippen LogP contribution in [0.15, 0.2) is 42.0 Å². The van der Waals surface area contributed by atoms with E-state index >= 15 is 0 Å². The molecule has 2 rings (SSSR count). The number of rotatable bonds is 3. The van der Waals surface area contributed by atoms with Gasteiger partial charge in [0.15, 0.2) is 0 Å². The maximum absolute atomic E-state index is 12.3. The highest BCUT2D eigenvalue weighted by molar-refractivity contribution is 6.35. The third-order valence-corrected chi connectivity index (χ3v) is 3.66. The third kappa shape index (κ3) is 4.59. The van der Waals surface area contributed by atoms with E-state index in [1.807, 2.05) is 38.1 Å². The monoisotopic (exact) mass is 344 g/mol. The van der Waals surface area contributed by atoms with E-state index in [1.165, 1.54) is 0 Å². The van der Waals surface area contributed by atoms with E-state index in [4.69, 9.17) is 23.2 Å². The molecule has 0 radical (unpaired) electrons. The van der Waals surface area contributed by atoms with E-state index in [9.17, 15) is 10.1 Å². The van der Waals surface area contributed by atoms with Gasteiger partial charge >= 0.3 is 0 Å². The van der Waals surface area contributed by atoms with E-state index in [-0.39, 0.29) is 5.57 Å². The zero-order valence-electron chi connectivity index (χ0n) is 12.7. The zero-order valence-corrected chi connectivity index (χ0v) is 14.2. The number of benzene rings is 2. The third-order valence-electron chi connectivity index (χ3n) is 3.22. The van der Waals surface area contributed by atoms with Crippen LogP contribution in [-0.4, -0.2) is 5.91 Å². The van der Waals surface area contributed by atoms with Crippen LogP contribution in [0.25, 0.3) is 6.08 Å². The molecule has 116 valence electrons. The summed E-state index contributed by atoms with van der Waals surface area (Å²) in [6.07, 6.45) is 1.57. The topological polar surface area (TPSA) is 52.9 Å².